The summed E-state index contributed by atoms with van der Waals surface area (Å²) in [5, 5.41) is 8.86. The van der Waals surface area contributed by atoms with Crippen molar-refractivity contribution in [2.75, 3.05) is 6.61 Å². The van der Waals surface area contributed by atoms with Crippen LogP contribution in [0.3, 0.4) is 0 Å². The van der Waals surface area contributed by atoms with Crippen LogP contribution in [0.2, 0.25) is 0 Å². The molecular weight excluding hydrogens is 468 g/mol. The van der Waals surface area contributed by atoms with Crippen LogP contribution in [0.4, 0.5) is 0 Å². The van der Waals surface area contributed by atoms with Crippen LogP contribution in [0.1, 0.15) is 98.3 Å². The molecule has 0 bridgehead atoms. The summed E-state index contributed by atoms with van der Waals surface area (Å²) >= 11 is 0. The fourth-order valence-corrected chi connectivity index (χ4v) is 10.2. The van der Waals surface area contributed by atoms with Crippen molar-refractivity contribution >= 4 is 11.9 Å². The fourth-order valence-electron chi connectivity index (χ4n) is 10.2. The Balaban J connectivity index is 1.16. The first kappa shape index (κ1) is 25.9. The van der Waals surface area contributed by atoms with Gasteiger partial charge in [-0.05, 0) is 85.4 Å². The van der Waals surface area contributed by atoms with E-state index in [2.05, 4.69) is 33.8 Å². The Morgan fingerprint density at radius 3 is 2.62 bits per heavy atom. The molecule has 1 N–H and O–H groups in total. The molecule has 6 rings (SSSR count). The van der Waals surface area contributed by atoms with Crippen molar-refractivity contribution in [3.63, 3.8) is 0 Å². The second kappa shape index (κ2) is 9.08. The molecule has 1 spiro atoms. The van der Waals surface area contributed by atoms with Gasteiger partial charge in [-0.15, -0.1) is 0 Å². The summed E-state index contributed by atoms with van der Waals surface area (Å²) in [5.74, 6) is 2.08. The molecule has 2 heterocycles. The van der Waals surface area contributed by atoms with Gasteiger partial charge < -0.3 is 19.3 Å². The number of rotatable bonds is 4. The van der Waals surface area contributed by atoms with E-state index in [0.717, 1.165) is 38.7 Å². The quantitative estimate of drug-likeness (QED) is 0.359. The van der Waals surface area contributed by atoms with E-state index in [1.165, 1.54) is 31.3 Å². The van der Waals surface area contributed by atoms with Crippen LogP contribution in [0, 0.1) is 46.3 Å². The van der Waals surface area contributed by atoms with Crippen LogP contribution in [-0.2, 0) is 23.8 Å². The van der Waals surface area contributed by atoms with E-state index >= 15 is 0 Å². The topological polar surface area (TPSA) is 82.1 Å². The Hall–Kier alpha value is -1.40. The molecule has 0 aromatic heterocycles. The maximum Gasteiger partial charge on any atom is 0.306 e. The molecule has 4 aliphatic carbocycles. The number of hydrogen-bond donors (Lipinski definition) is 1. The van der Waals surface area contributed by atoms with Gasteiger partial charge in [0, 0.05) is 18.8 Å². The molecule has 0 radical (unpaired) electrons. The van der Waals surface area contributed by atoms with Crippen molar-refractivity contribution < 1.29 is 28.9 Å². The van der Waals surface area contributed by atoms with Gasteiger partial charge >= 0.3 is 11.9 Å². The third kappa shape index (κ3) is 4.02. The van der Waals surface area contributed by atoms with Crippen LogP contribution in [0.5, 0.6) is 0 Å². The van der Waals surface area contributed by atoms with Gasteiger partial charge in [-0.1, -0.05) is 39.3 Å². The lowest BCUT2D eigenvalue weighted by molar-refractivity contribution is -0.272. The van der Waals surface area contributed by atoms with Crippen molar-refractivity contribution in [1.29, 1.82) is 0 Å². The second-order valence-corrected chi connectivity index (χ2v) is 14.0. The van der Waals surface area contributed by atoms with E-state index in [9.17, 15) is 9.59 Å². The molecule has 2 saturated heterocycles. The number of carboxylic acid groups (broad SMARTS) is 1. The van der Waals surface area contributed by atoms with E-state index < -0.39 is 5.97 Å². The highest BCUT2D eigenvalue weighted by atomic mass is 16.7. The standard InChI is InChI=1S/C31H46O6/c1-18-9-14-31(35-17-18)19(2)28-25(37-31)16-24-22-6-5-20-15-21(36-27(34)8-7-26(32)33)10-12-29(20,3)23(22)11-13-30(24,28)4/h5,18-19,21-25,28H,6-17H2,1-4H3,(H,32,33)/t18-,19-,21-,22-,23+,24-,25-,28+,29-,30-,31+/m0/s1. The van der Waals surface area contributed by atoms with Crippen molar-refractivity contribution in [1.82, 2.24) is 0 Å². The summed E-state index contributed by atoms with van der Waals surface area (Å²) in [5.41, 5.74) is 1.98. The molecule has 37 heavy (non-hydrogen) atoms. The highest BCUT2D eigenvalue weighted by molar-refractivity contribution is 5.76. The molecule has 6 aliphatic rings. The number of esters is 1. The van der Waals surface area contributed by atoms with Crippen LogP contribution in [0.15, 0.2) is 11.6 Å². The van der Waals surface area contributed by atoms with E-state index in [0.29, 0.717) is 47.0 Å². The van der Waals surface area contributed by atoms with Gasteiger partial charge in [-0.3, -0.25) is 9.59 Å². The first-order valence-electron chi connectivity index (χ1n) is 15.0. The first-order chi connectivity index (χ1) is 17.6. The Labute approximate surface area is 221 Å². The van der Waals surface area contributed by atoms with E-state index in [-0.39, 0.29) is 36.1 Å². The number of aliphatic carboxylic acids is 1. The van der Waals surface area contributed by atoms with E-state index in [1.54, 1.807) is 0 Å². The lowest BCUT2D eigenvalue weighted by atomic mass is 9.47. The van der Waals surface area contributed by atoms with Crippen molar-refractivity contribution in [2.45, 2.75) is 116 Å². The van der Waals surface area contributed by atoms with Crippen LogP contribution in [0.25, 0.3) is 0 Å². The summed E-state index contributed by atoms with van der Waals surface area (Å²) in [4.78, 5) is 23.0. The average molecular weight is 515 g/mol. The van der Waals surface area contributed by atoms with Gasteiger partial charge in [0.15, 0.2) is 5.79 Å². The number of hydrogen-bond acceptors (Lipinski definition) is 5. The fraction of sp³-hybridized carbons (Fsp3) is 0.871. The lowest BCUT2D eigenvalue weighted by Gasteiger charge is -2.58. The van der Waals surface area contributed by atoms with Gasteiger partial charge in [0.05, 0.1) is 25.6 Å². The maximum absolute atomic E-state index is 12.2. The Morgan fingerprint density at radius 1 is 1.08 bits per heavy atom. The van der Waals surface area contributed by atoms with Crippen molar-refractivity contribution in [2.24, 2.45) is 46.3 Å². The number of carboxylic acids is 1. The van der Waals surface area contributed by atoms with E-state index in [4.69, 9.17) is 19.3 Å². The number of carbonyl (C=O) groups is 2. The summed E-state index contributed by atoms with van der Waals surface area (Å²) < 4.78 is 19.1. The molecule has 0 unspecified atom stereocenters. The zero-order valence-electron chi connectivity index (χ0n) is 23.2. The Morgan fingerprint density at radius 2 is 1.89 bits per heavy atom. The highest BCUT2D eigenvalue weighted by Crippen LogP contribution is 2.70. The molecule has 0 amide bonds. The third-order valence-corrected chi connectivity index (χ3v) is 12.2. The van der Waals surface area contributed by atoms with Crippen molar-refractivity contribution in [3.05, 3.63) is 11.6 Å². The molecular formula is C31H46O6. The Kier molecular flexibility index (Phi) is 6.34. The number of ether oxygens (including phenoxy) is 3. The molecule has 0 aromatic carbocycles. The average Bonchev–Trinajstić information content (AvgIpc) is 3.30. The van der Waals surface area contributed by atoms with Gasteiger partial charge in [0.2, 0.25) is 0 Å². The molecule has 5 fully saturated rings. The number of carbonyl (C=O) groups excluding carboxylic acids is 1. The SMILES string of the molecule is C[C@H]1CC[C@@]2(OC1)O[C@H]1C[C@H]3[C@H]4CC=C5C[C@@H](OC(=O)CCC(=O)O)CC[C@]5(C)[C@@H]4CC[C@]3(C)[C@@H]1[C@@H]2C. The largest absolute Gasteiger partial charge is 0.481 e. The summed E-state index contributed by atoms with van der Waals surface area (Å²) in [6.07, 6.45) is 12.4. The molecule has 3 saturated carbocycles. The number of fused-ring (bicyclic) bond motifs is 7. The maximum atomic E-state index is 12.2. The summed E-state index contributed by atoms with van der Waals surface area (Å²) in [7, 11) is 0. The normalized spacial score (nSPS) is 50.4. The van der Waals surface area contributed by atoms with Crippen LogP contribution in [-0.4, -0.2) is 41.6 Å². The predicted molar refractivity (Wildman–Crippen MR) is 138 cm³/mol. The molecule has 206 valence electrons. The lowest BCUT2D eigenvalue weighted by Crippen LogP contribution is -2.52. The van der Waals surface area contributed by atoms with Gasteiger partial charge in [-0.25, -0.2) is 0 Å². The monoisotopic (exact) mass is 514 g/mol. The molecule has 2 aliphatic heterocycles. The van der Waals surface area contributed by atoms with Gasteiger partial charge in [0.1, 0.15) is 6.10 Å². The highest BCUT2D eigenvalue weighted by Gasteiger charge is 2.68. The Bertz CT molecular complexity index is 965. The predicted octanol–water partition coefficient (Wildman–Crippen LogP) is 6.13. The minimum absolute atomic E-state index is 0.0404. The molecule has 6 nitrogen and oxygen atoms in total. The van der Waals surface area contributed by atoms with Crippen LogP contribution >= 0.6 is 0 Å². The first-order valence-corrected chi connectivity index (χ1v) is 15.0. The number of allylic oxidation sites excluding steroid dienone is 1. The smallest absolute Gasteiger partial charge is 0.306 e. The van der Waals surface area contributed by atoms with Gasteiger partial charge in [-0.2, -0.15) is 0 Å². The van der Waals surface area contributed by atoms with Crippen molar-refractivity contribution in [3.8, 4) is 0 Å². The zero-order chi connectivity index (χ0) is 26.2. The molecule has 0 aromatic rings. The third-order valence-electron chi connectivity index (χ3n) is 12.2. The van der Waals surface area contributed by atoms with Gasteiger partial charge in [0.25, 0.3) is 0 Å². The molecule has 11 atom stereocenters. The second-order valence-electron chi connectivity index (χ2n) is 14.0. The minimum Gasteiger partial charge on any atom is -0.481 e. The zero-order valence-corrected chi connectivity index (χ0v) is 23.2. The van der Waals surface area contributed by atoms with E-state index in [1.807, 2.05) is 0 Å². The molecule has 6 heteroatoms. The summed E-state index contributed by atoms with van der Waals surface area (Å²) in [6, 6.07) is 0. The van der Waals surface area contributed by atoms with Crippen LogP contribution < -0.4 is 0 Å². The summed E-state index contributed by atoms with van der Waals surface area (Å²) in [6.45, 7) is 10.6. The minimum atomic E-state index is -0.953.